The number of fused-ring (bicyclic) bond motifs is 1. The van der Waals surface area contributed by atoms with Crippen LogP contribution in [0.15, 0.2) is 6.07 Å². The summed E-state index contributed by atoms with van der Waals surface area (Å²) in [6.45, 7) is 5.53. The third-order valence-corrected chi connectivity index (χ3v) is 5.71. The molecule has 0 radical (unpaired) electrons. The Morgan fingerprint density at radius 2 is 2.37 bits per heavy atom. The van der Waals surface area contributed by atoms with Gasteiger partial charge in [0.1, 0.15) is 0 Å². The van der Waals surface area contributed by atoms with Crippen LogP contribution in [0.5, 0.6) is 0 Å². The van der Waals surface area contributed by atoms with Gasteiger partial charge in [0.15, 0.2) is 5.79 Å². The Bertz CT molecular complexity index is 460. The quantitative estimate of drug-likeness (QED) is 0.798. The number of halogens is 1. The summed E-state index contributed by atoms with van der Waals surface area (Å²) in [5.41, 5.74) is 1.51. The molecule has 1 saturated heterocycles. The second-order valence-corrected chi connectivity index (χ2v) is 8.76. The van der Waals surface area contributed by atoms with Gasteiger partial charge in [0.2, 0.25) is 0 Å². The summed E-state index contributed by atoms with van der Waals surface area (Å²) in [5.74, 6) is -0.415. The van der Waals surface area contributed by atoms with E-state index < -0.39 is 5.79 Å². The fraction of sp³-hybridized carbons (Fsp3) is 0.714. The molecular weight excluding hydrogens is 373 g/mol. The number of nitrogens with one attached hydrogen (secondary N) is 1. The van der Waals surface area contributed by atoms with Crippen LogP contribution in [0.1, 0.15) is 43.2 Å². The molecule has 2 unspecified atom stereocenters. The Labute approximate surface area is 132 Å². The van der Waals surface area contributed by atoms with Crippen LogP contribution in [-0.2, 0) is 15.9 Å². The SMILES string of the molecule is CC1(C)OCC(CNC2CCCc3sc(I)cc32)O1. The summed E-state index contributed by atoms with van der Waals surface area (Å²) >= 11 is 4.37. The Morgan fingerprint density at radius 3 is 3.11 bits per heavy atom. The van der Waals surface area contributed by atoms with E-state index in [1.165, 1.54) is 27.7 Å². The number of hydrogen-bond donors (Lipinski definition) is 1. The second-order valence-electron chi connectivity index (χ2n) is 5.73. The van der Waals surface area contributed by atoms with Gasteiger partial charge in [0.25, 0.3) is 0 Å². The zero-order valence-electron chi connectivity index (χ0n) is 11.4. The van der Waals surface area contributed by atoms with E-state index in [0.717, 1.165) is 6.54 Å². The summed E-state index contributed by atoms with van der Waals surface area (Å²) in [6, 6.07) is 2.84. The number of aryl methyl sites for hydroxylation is 1. The van der Waals surface area contributed by atoms with Gasteiger partial charge in [-0.2, -0.15) is 0 Å². The third kappa shape index (κ3) is 3.32. The number of hydrogen-bond acceptors (Lipinski definition) is 4. The largest absolute Gasteiger partial charge is 0.348 e. The van der Waals surface area contributed by atoms with Crippen molar-refractivity contribution in [1.29, 1.82) is 0 Å². The molecule has 106 valence electrons. The molecular formula is C14H20INO2S. The molecule has 0 saturated carbocycles. The average Bonchev–Trinajstić information content (AvgIpc) is 2.88. The van der Waals surface area contributed by atoms with Crippen molar-refractivity contribution in [3.63, 3.8) is 0 Å². The van der Waals surface area contributed by atoms with Crippen LogP contribution in [0.4, 0.5) is 0 Å². The summed E-state index contributed by atoms with van der Waals surface area (Å²) in [5, 5.41) is 3.67. The second kappa shape index (κ2) is 5.60. The maximum absolute atomic E-state index is 5.85. The number of ether oxygens (including phenoxy) is 2. The molecule has 0 bridgehead atoms. The van der Waals surface area contributed by atoms with Crippen molar-refractivity contribution in [3.8, 4) is 0 Å². The van der Waals surface area contributed by atoms with Crippen molar-refractivity contribution in [3.05, 3.63) is 19.4 Å². The molecule has 0 amide bonds. The average molecular weight is 393 g/mol. The first-order valence-corrected chi connectivity index (χ1v) is 8.76. The van der Waals surface area contributed by atoms with Gasteiger partial charge in [-0.1, -0.05) is 0 Å². The topological polar surface area (TPSA) is 30.5 Å². The van der Waals surface area contributed by atoms with Gasteiger partial charge in [-0.05, 0) is 67.3 Å². The van der Waals surface area contributed by atoms with E-state index in [0.29, 0.717) is 12.6 Å². The summed E-state index contributed by atoms with van der Waals surface area (Å²) in [7, 11) is 0. The van der Waals surface area contributed by atoms with Crippen LogP contribution < -0.4 is 5.32 Å². The maximum atomic E-state index is 5.85. The predicted octanol–water partition coefficient (Wildman–Crippen LogP) is 3.47. The van der Waals surface area contributed by atoms with E-state index in [-0.39, 0.29) is 6.10 Å². The van der Waals surface area contributed by atoms with Gasteiger partial charge in [0, 0.05) is 17.5 Å². The molecule has 1 aromatic heterocycles. The van der Waals surface area contributed by atoms with Gasteiger partial charge in [0.05, 0.1) is 15.6 Å². The van der Waals surface area contributed by atoms with Crippen molar-refractivity contribution < 1.29 is 9.47 Å². The first-order chi connectivity index (χ1) is 9.03. The lowest BCUT2D eigenvalue weighted by Gasteiger charge is -2.25. The van der Waals surface area contributed by atoms with Crippen LogP contribution in [0, 0.1) is 2.88 Å². The van der Waals surface area contributed by atoms with E-state index in [9.17, 15) is 0 Å². The fourth-order valence-corrected chi connectivity index (χ4v) is 4.99. The van der Waals surface area contributed by atoms with Crippen LogP contribution in [0.2, 0.25) is 0 Å². The monoisotopic (exact) mass is 393 g/mol. The molecule has 5 heteroatoms. The Morgan fingerprint density at radius 1 is 1.53 bits per heavy atom. The first kappa shape index (κ1) is 14.3. The minimum absolute atomic E-state index is 0.179. The van der Waals surface area contributed by atoms with E-state index in [1.807, 2.05) is 25.2 Å². The molecule has 0 spiro atoms. The lowest BCUT2D eigenvalue weighted by Crippen LogP contribution is -2.34. The molecule has 3 rings (SSSR count). The van der Waals surface area contributed by atoms with Crippen molar-refractivity contribution in [1.82, 2.24) is 5.32 Å². The Hall–Kier alpha value is 0.310. The zero-order valence-corrected chi connectivity index (χ0v) is 14.3. The molecule has 1 aromatic rings. The Kier molecular flexibility index (Phi) is 4.20. The highest BCUT2D eigenvalue weighted by atomic mass is 127. The summed E-state index contributed by atoms with van der Waals surface area (Å²) in [6.07, 6.45) is 3.95. The van der Waals surface area contributed by atoms with Crippen molar-refractivity contribution in [2.75, 3.05) is 13.2 Å². The van der Waals surface area contributed by atoms with Crippen LogP contribution in [-0.4, -0.2) is 25.0 Å². The van der Waals surface area contributed by atoms with Crippen LogP contribution in [0.25, 0.3) is 0 Å². The minimum Gasteiger partial charge on any atom is -0.348 e. The molecule has 1 aliphatic heterocycles. The molecule has 1 fully saturated rings. The standard InChI is InChI=1S/C14H20INO2S/c1-14(2)17-8-9(18-14)7-16-11-4-3-5-12-10(11)6-13(15)19-12/h6,9,11,16H,3-5,7-8H2,1-2H3. The predicted molar refractivity (Wildman–Crippen MR) is 85.6 cm³/mol. The van der Waals surface area contributed by atoms with Gasteiger partial charge >= 0.3 is 0 Å². The van der Waals surface area contributed by atoms with E-state index in [2.05, 4.69) is 34.0 Å². The van der Waals surface area contributed by atoms with Crippen molar-refractivity contribution >= 4 is 33.9 Å². The molecule has 1 aliphatic carbocycles. The fourth-order valence-electron chi connectivity index (χ4n) is 2.87. The minimum atomic E-state index is -0.415. The molecule has 2 atom stereocenters. The smallest absolute Gasteiger partial charge is 0.163 e. The molecule has 1 N–H and O–H groups in total. The molecule has 19 heavy (non-hydrogen) atoms. The highest BCUT2D eigenvalue weighted by Gasteiger charge is 2.33. The van der Waals surface area contributed by atoms with Crippen molar-refractivity contribution in [2.45, 2.75) is 51.0 Å². The van der Waals surface area contributed by atoms with Gasteiger partial charge in [-0.25, -0.2) is 0 Å². The van der Waals surface area contributed by atoms with Crippen molar-refractivity contribution in [2.24, 2.45) is 0 Å². The van der Waals surface area contributed by atoms with E-state index in [4.69, 9.17) is 9.47 Å². The van der Waals surface area contributed by atoms with Gasteiger partial charge < -0.3 is 14.8 Å². The van der Waals surface area contributed by atoms with Crippen LogP contribution in [0.3, 0.4) is 0 Å². The van der Waals surface area contributed by atoms with E-state index >= 15 is 0 Å². The summed E-state index contributed by atoms with van der Waals surface area (Å²) < 4.78 is 12.9. The Balaban J connectivity index is 1.59. The highest BCUT2D eigenvalue weighted by molar-refractivity contribution is 14.1. The van der Waals surface area contributed by atoms with E-state index in [1.54, 1.807) is 4.88 Å². The number of rotatable bonds is 3. The van der Waals surface area contributed by atoms with Gasteiger partial charge in [-0.3, -0.25) is 0 Å². The molecule has 2 heterocycles. The normalized spacial score (nSPS) is 29.4. The lowest BCUT2D eigenvalue weighted by molar-refractivity contribution is -0.137. The zero-order chi connectivity index (χ0) is 13.5. The van der Waals surface area contributed by atoms with Crippen LogP contribution >= 0.6 is 33.9 Å². The van der Waals surface area contributed by atoms with Gasteiger partial charge in [-0.15, -0.1) is 11.3 Å². The highest BCUT2D eigenvalue weighted by Crippen LogP contribution is 2.36. The molecule has 0 aromatic carbocycles. The molecule has 3 nitrogen and oxygen atoms in total. The third-order valence-electron chi connectivity index (χ3n) is 3.74. The maximum Gasteiger partial charge on any atom is 0.163 e. The summed E-state index contributed by atoms with van der Waals surface area (Å²) in [4.78, 5) is 1.57. The lowest BCUT2D eigenvalue weighted by atomic mass is 9.94. The molecule has 2 aliphatic rings. The number of thiophene rings is 1. The first-order valence-electron chi connectivity index (χ1n) is 6.87.